The monoisotopic (exact) mass is 253 g/mol. The van der Waals surface area contributed by atoms with Gasteiger partial charge < -0.3 is 15.2 Å². The van der Waals surface area contributed by atoms with E-state index in [-0.39, 0.29) is 6.42 Å². The van der Waals surface area contributed by atoms with E-state index in [0.717, 1.165) is 19.4 Å². The van der Waals surface area contributed by atoms with E-state index in [9.17, 15) is 4.79 Å². The van der Waals surface area contributed by atoms with Crippen LogP contribution in [0.3, 0.4) is 0 Å². The highest BCUT2D eigenvalue weighted by Gasteiger charge is 1.99. The van der Waals surface area contributed by atoms with Gasteiger partial charge in [-0.1, -0.05) is 6.42 Å². The molecule has 0 radical (unpaired) electrons. The van der Waals surface area contributed by atoms with E-state index >= 15 is 0 Å². The third-order valence-electron chi connectivity index (χ3n) is 2.27. The van der Waals surface area contributed by atoms with Gasteiger partial charge in [0.15, 0.2) is 0 Å². The van der Waals surface area contributed by atoms with Crippen molar-refractivity contribution in [2.24, 2.45) is 0 Å². The number of anilines is 1. The van der Waals surface area contributed by atoms with Gasteiger partial charge in [-0.3, -0.25) is 4.79 Å². The second kappa shape index (κ2) is 8.27. The van der Waals surface area contributed by atoms with Gasteiger partial charge >= 0.3 is 5.97 Å². The fourth-order valence-electron chi connectivity index (χ4n) is 1.43. The van der Waals surface area contributed by atoms with Gasteiger partial charge in [0.1, 0.15) is 0 Å². The van der Waals surface area contributed by atoms with Crippen LogP contribution in [0.1, 0.15) is 32.6 Å². The van der Waals surface area contributed by atoms with Crippen molar-refractivity contribution in [3.63, 3.8) is 0 Å². The van der Waals surface area contributed by atoms with E-state index in [0.29, 0.717) is 24.9 Å². The molecule has 0 saturated heterocycles. The van der Waals surface area contributed by atoms with Crippen molar-refractivity contribution in [1.29, 1.82) is 0 Å². The molecular weight excluding hydrogens is 234 g/mol. The average Bonchev–Trinajstić information content (AvgIpc) is 2.34. The molecule has 0 unspecified atom stereocenters. The van der Waals surface area contributed by atoms with E-state index in [4.69, 9.17) is 9.84 Å². The van der Waals surface area contributed by atoms with E-state index in [2.05, 4.69) is 15.3 Å². The molecular formula is C12H19N3O3. The highest BCUT2D eigenvalue weighted by molar-refractivity contribution is 5.66. The smallest absolute Gasteiger partial charge is 0.303 e. The van der Waals surface area contributed by atoms with Crippen molar-refractivity contribution in [1.82, 2.24) is 9.97 Å². The fraction of sp³-hybridized carbons (Fsp3) is 0.583. The quantitative estimate of drug-likeness (QED) is 0.654. The number of nitrogens with one attached hydrogen (secondary N) is 1. The fourth-order valence-corrected chi connectivity index (χ4v) is 1.43. The molecule has 2 N–H and O–H groups in total. The first-order valence-electron chi connectivity index (χ1n) is 6.14. The molecule has 0 fully saturated rings. The molecule has 18 heavy (non-hydrogen) atoms. The first kappa shape index (κ1) is 14.2. The standard InChI is InChI=1S/C12H19N3O3/c1-2-18-10-7-9-14-12(15-10)13-8-5-3-4-6-11(16)17/h7,9H,2-6,8H2,1H3,(H,16,17)(H,13,14,15). The van der Waals surface area contributed by atoms with Gasteiger partial charge in [0.25, 0.3) is 0 Å². The molecule has 6 heteroatoms. The zero-order valence-electron chi connectivity index (χ0n) is 10.6. The molecule has 0 aliphatic heterocycles. The lowest BCUT2D eigenvalue weighted by molar-refractivity contribution is -0.137. The summed E-state index contributed by atoms with van der Waals surface area (Å²) in [6.07, 6.45) is 4.36. The zero-order chi connectivity index (χ0) is 13.2. The summed E-state index contributed by atoms with van der Waals surface area (Å²) in [6, 6.07) is 1.71. The van der Waals surface area contributed by atoms with Gasteiger partial charge in [-0.25, -0.2) is 4.98 Å². The molecule has 1 heterocycles. The summed E-state index contributed by atoms with van der Waals surface area (Å²) in [6.45, 7) is 3.21. The summed E-state index contributed by atoms with van der Waals surface area (Å²) < 4.78 is 5.26. The minimum Gasteiger partial charge on any atom is -0.481 e. The van der Waals surface area contributed by atoms with Crippen molar-refractivity contribution < 1.29 is 14.6 Å². The number of aromatic nitrogens is 2. The van der Waals surface area contributed by atoms with E-state index in [1.165, 1.54) is 0 Å². The summed E-state index contributed by atoms with van der Waals surface area (Å²) >= 11 is 0. The number of unbranched alkanes of at least 4 members (excludes halogenated alkanes) is 2. The lowest BCUT2D eigenvalue weighted by Crippen LogP contribution is -2.06. The Morgan fingerprint density at radius 1 is 1.44 bits per heavy atom. The predicted molar refractivity (Wildman–Crippen MR) is 67.8 cm³/mol. The largest absolute Gasteiger partial charge is 0.481 e. The molecule has 6 nitrogen and oxygen atoms in total. The molecule has 0 aromatic carbocycles. The Balaban J connectivity index is 2.18. The Hall–Kier alpha value is -1.85. The van der Waals surface area contributed by atoms with Gasteiger partial charge in [-0.05, 0) is 19.8 Å². The molecule has 1 aromatic heterocycles. The van der Waals surface area contributed by atoms with Crippen molar-refractivity contribution in [2.75, 3.05) is 18.5 Å². The van der Waals surface area contributed by atoms with Crippen LogP contribution in [0, 0.1) is 0 Å². The summed E-state index contributed by atoms with van der Waals surface area (Å²) in [5, 5.41) is 11.6. The van der Waals surface area contributed by atoms with Gasteiger partial charge in [0, 0.05) is 25.2 Å². The lowest BCUT2D eigenvalue weighted by atomic mass is 10.2. The number of carboxylic acids is 1. The van der Waals surface area contributed by atoms with Gasteiger partial charge in [0.2, 0.25) is 11.8 Å². The summed E-state index contributed by atoms with van der Waals surface area (Å²) in [7, 11) is 0. The number of hydrogen-bond donors (Lipinski definition) is 2. The SMILES string of the molecule is CCOc1ccnc(NCCCCCC(=O)O)n1. The molecule has 0 atom stereocenters. The average molecular weight is 253 g/mol. The number of carboxylic acid groups (broad SMARTS) is 1. The minimum atomic E-state index is -0.740. The number of ether oxygens (including phenoxy) is 1. The van der Waals surface area contributed by atoms with Crippen LogP contribution >= 0.6 is 0 Å². The Bertz CT molecular complexity index is 371. The molecule has 0 spiro atoms. The highest BCUT2D eigenvalue weighted by atomic mass is 16.5. The highest BCUT2D eigenvalue weighted by Crippen LogP contribution is 2.08. The minimum absolute atomic E-state index is 0.232. The van der Waals surface area contributed by atoms with Crippen LogP contribution in [0.15, 0.2) is 12.3 Å². The molecule has 100 valence electrons. The van der Waals surface area contributed by atoms with Crippen LogP contribution in [0.4, 0.5) is 5.95 Å². The Labute approximate surface area is 106 Å². The predicted octanol–water partition coefficient (Wildman–Crippen LogP) is 1.93. The summed E-state index contributed by atoms with van der Waals surface area (Å²) in [5.74, 6) is 0.357. The topological polar surface area (TPSA) is 84.3 Å². The van der Waals surface area contributed by atoms with Crippen LogP contribution < -0.4 is 10.1 Å². The number of hydrogen-bond acceptors (Lipinski definition) is 5. The van der Waals surface area contributed by atoms with Crippen LogP contribution in [-0.2, 0) is 4.79 Å². The van der Waals surface area contributed by atoms with Crippen LogP contribution in [0.5, 0.6) is 5.88 Å². The normalized spacial score (nSPS) is 10.1. The molecule has 0 amide bonds. The van der Waals surface area contributed by atoms with Gasteiger partial charge in [-0.15, -0.1) is 0 Å². The van der Waals surface area contributed by atoms with Crippen molar-refractivity contribution in [3.05, 3.63) is 12.3 Å². The Morgan fingerprint density at radius 2 is 2.28 bits per heavy atom. The zero-order valence-corrected chi connectivity index (χ0v) is 10.6. The van der Waals surface area contributed by atoms with Crippen molar-refractivity contribution in [3.8, 4) is 5.88 Å². The van der Waals surface area contributed by atoms with Crippen LogP contribution in [-0.4, -0.2) is 34.2 Å². The summed E-state index contributed by atoms with van der Waals surface area (Å²) in [5.41, 5.74) is 0. The van der Waals surface area contributed by atoms with Crippen LogP contribution in [0.25, 0.3) is 0 Å². The second-order valence-corrected chi connectivity index (χ2v) is 3.78. The number of nitrogens with zero attached hydrogens (tertiary/aromatic N) is 2. The van der Waals surface area contributed by atoms with Crippen molar-refractivity contribution >= 4 is 11.9 Å². The third kappa shape index (κ3) is 6.03. The Morgan fingerprint density at radius 3 is 3.00 bits per heavy atom. The maximum atomic E-state index is 10.3. The second-order valence-electron chi connectivity index (χ2n) is 3.78. The van der Waals surface area contributed by atoms with Gasteiger partial charge in [-0.2, -0.15) is 4.98 Å². The molecule has 0 bridgehead atoms. The Kier molecular flexibility index (Phi) is 6.53. The first-order valence-corrected chi connectivity index (χ1v) is 6.14. The molecule has 0 aliphatic rings. The number of rotatable bonds is 9. The maximum Gasteiger partial charge on any atom is 0.303 e. The molecule has 0 aliphatic carbocycles. The third-order valence-corrected chi connectivity index (χ3v) is 2.27. The lowest BCUT2D eigenvalue weighted by Gasteiger charge is -2.06. The maximum absolute atomic E-state index is 10.3. The van der Waals surface area contributed by atoms with E-state index in [1.807, 2.05) is 6.92 Å². The summed E-state index contributed by atoms with van der Waals surface area (Å²) in [4.78, 5) is 18.5. The molecule has 0 saturated carbocycles. The number of aliphatic carboxylic acids is 1. The van der Waals surface area contributed by atoms with Gasteiger partial charge in [0.05, 0.1) is 6.61 Å². The first-order chi connectivity index (χ1) is 8.72. The molecule has 1 aromatic rings. The van der Waals surface area contributed by atoms with E-state index in [1.54, 1.807) is 12.3 Å². The number of carbonyl (C=O) groups is 1. The van der Waals surface area contributed by atoms with E-state index < -0.39 is 5.97 Å². The van der Waals surface area contributed by atoms with Crippen LogP contribution in [0.2, 0.25) is 0 Å². The molecule has 1 rings (SSSR count). The van der Waals surface area contributed by atoms with Crippen molar-refractivity contribution in [2.45, 2.75) is 32.6 Å².